The third-order valence-electron chi connectivity index (χ3n) is 10.0. The third kappa shape index (κ3) is 10.0. The summed E-state index contributed by atoms with van der Waals surface area (Å²) in [7, 11) is 3.52. The fraction of sp³-hybridized carbons (Fsp3) is 0.118. The summed E-state index contributed by atoms with van der Waals surface area (Å²) in [5.41, 5.74) is 8.81. The van der Waals surface area contributed by atoms with E-state index < -0.39 is 0 Å². The number of rotatable bonds is 0. The Labute approximate surface area is 367 Å². The number of imide groups is 1. The van der Waals surface area contributed by atoms with Gasteiger partial charge >= 0.3 is 0 Å². The Hall–Kier alpha value is -7.21. The molecular formula is C51H45N5O4S2. The van der Waals surface area contributed by atoms with Gasteiger partial charge in [-0.2, -0.15) is 0 Å². The maximum atomic E-state index is 11.3. The first-order valence-electron chi connectivity index (χ1n) is 19.9. The van der Waals surface area contributed by atoms with Crippen LogP contribution in [-0.4, -0.2) is 43.5 Å². The number of hydrogen-bond acceptors (Lipinski definition) is 9. The van der Waals surface area contributed by atoms with E-state index in [0.717, 1.165) is 43.3 Å². The van der Waals surface area contributed by atoms with Gasteiger partial charge in [-0.1, -0.05) is 90.1 Å². The molecule has 1 aliphatic heterocycles. The van der Waals surface area contributed by atoms with E-state index in [1.807, 2.05) is 118 Å². The summed E-state index contributed by atoms with van der Waals surface area (Å²) in [5.74, 6) is 0.636. The fourth-order valence-electron chi connectivity index (χ4n) is 6.59. The van der Waals surface area contributed by atoms with Crippen LogP contribution in [0.2, 0.25) is 0 Å². The summed E-state index contributed by atoms with van der Waals surface area (Å²) in [4.78, 5) is 32.5. The second kappa shape index (κ2) is 19.9. The van der Waals surface area contributed by atoms with Gasteiger partial charge in [0, 0.05) is 29.6 Å². The topological polar surface area (TPSA) is 107 Å². The molecule has 6 aromatic carbocycles. The molecule has 0 fully saturated rings. The number of imidazole rings is 1. The minimum atomic E-state index is -0.212. The molecule has 1 aliphatic rings. The Bertz CT molecular complexity index is 3060. The first-order chi connectivity index (χ1) is 30.1. The number of thiophene rings is 1. The van der Waals surface area contributed by atoms with Crippen LogP contribution in [0.15, 0.2) is 172 Å². The van der Waals surface area contributed by atoms with Crippen LogP contribution in [0.1, 0.15) is 42.7 Å². The molecule has 0 N–H and O–H groups in total. The molecule has 0 bridgehead atoms. The van der Waals surface area contributed by atoms with Crippen LogP contribution >= 0.6 is 22.7 Å². The second-order valence-corrected chi connectivity index (χ2v) is 16.5. The average Bonchev–Trinajstić information content (AvgIpc) is 4.18. The molecule has 12 rings (SSSR count). The summed E-state index contributed by atoms with van der Waals surface area (Å²) in [5, 5.41) is 10.6. The smallest absolute Gasteiger partial charge is 0.261 e. The lowest BCUT2D eigenvalue weighted by Crippen LogP contribution is -2.24. The summed E-state index contributed by atoms with van der Waals surface area (Å²) < 4.78 is 14.9. The molecule has 0 saturated heterocycles. The van der Waals surface area contributed by atoms with E-state index in [1.54, 1.807) is 48.1 Å². The van der Waals surface area contributed by atoms with E-state index in [2.05, 4.69) is 74.5 Å². The predicted molar refractivity (Wildman–Crippen MR) is 254 cm³/mol. The highest BCUT2D eigenvalue weighted by atomic mass is 32.1. The number of thiazole rings is 1. The van der Waals surface area contributed by atoms with Gasteiger partial charge in [0.15, 0.2) is 5.58 Å². The largest absolute Gasteiger partial charge is 0.464 e. The van der Waals surface area contributed by atoms with Crippen molar-refractivity contribution in [2.24, 2.45) is 7.05 Å². The number of hydrogen-bond donors (Lipinski definition) is 0. The van der Waals surface area contributed by atoms with Crippen LogP contribution in [0, 0.1) is 27.7 Å². The molecule has 5 aromatic heterocycles. The van der Waals surface area contributed by atoms with E-state index in [4.69, 9.17) is 8.94 Å². The minimum Gasteiger partial charge on any atom is -0.464 e. The highest BCUT2D eigenvalue weighted by Gasteiger charge is 2.31. The molecule has 11 heteroatoms. The quantitative estimate of drug-likeness (QED) is 0.140. The number of carbonyl (C=O) groups is 2. The van der Waals surface area contributed by atoms with E-state index in [9.17, 15) is 9.59 Å². The second-order valence-electron chi connectivity index (χ2n) is 14.3. The molecule has 310 valence electrons. The standard InChI is InChI=1S/C9H10N2.C9H7NO2.C9H8O.C9H8S.C8H7NS.C7H5NO/c1-7-10-8-5-3-4-6-9(8)11(7)2;1-10-8(11)6-4-2-3-5-7(6)9(10)12;2*1-7-6-10-9-5-3-2-4-8(7)9;1-6-9-7-4-2-3-5-8(7)10-6;1-2-4-7-6(3-1)5-8-9-7/h3-6H,1-2H3;2-5H,1H3;2*2-6H,1H3;2-5H,1H3;1-5H. The van der Waals surface area contributed by atoms with Crippen LogP contribution in [0.5, 0.6) is 0 Å². The lowest BCUT2D eigenvalue weighted by atomic mass is 10.1. The maximum Gasteiger partial charge on any atom is 0.261 e. The Morgan fingerprint density at radius 3 is 1.81 bits per heavy atom. The highest BCUT2D eigenvalue weighted by Crippen LogP contribution is 2.25. The predicted octanol–water partition coefficient (Wildman–Crippen LogP) is 13.2. The molecule has 11 aromatic rings. The van der Waals surface area contributed by atoms with Crippen molar-refractivity contribution in [3.05, 3.63) is 197 Å². The molecule has 0 saturated carbocycles. The van der Waals surface area contributed by atoms with Gasteiger partial charge in [-0.15, -0.1) is 22.7 Å². The van der Waals surface area contributed by atoms with Crippen molar-refractivity contribution in [3.8, 4) is 0 Å². The van der Waals surface area contributed by atoms with Gasteiger partial charge in [-0.3, -0.25) is 14.5 Å². The van der Waals surface area contributed by atoms with Gasteiger partial charge in [0.1, 0.15) is 11.4 Å². The highest BCUT2D eigenvalue weighted by molar-refractivity contribution is 7.18. The molecular weight excluding hydrogens is 811 g/mol. The SMILES string of the molecule is CN1C(=O)c2ccccc2C1=O.Cc1coc2ccccc12.Cc1csc2ccccc12.Cc1nc2ccccc2n1C.Cc1nc2ccccc2s1.c1ccc2oncc2c1. The zero-order valence-electron chi connectivity index (χ0n) is 35.3. The molecule has 2 amide bonds. The van der Waals surface area contributed by atoms with E-state index in [-0.39, 0.29) is 11.8 Å². The Kier molecular flexibility index (Phi) is 13.8. The number of fused-ring (bicyclic) bond motifs is 6. The molecule has 9 nitrogen and oxygen atoms in total. The average molecular weight is 856 g/mol. The number of para-hydroxylation sites is 5. The molecule has 6 heterocycles. The zero-order chi connectivity index (χ0) is 43.6. The van der Waals surface area contributed by atoms with Crippen molar-refractivity contribution in [2.75, 3.05) is 7.05 Å². The Balaban J connectivity index is 0.000000112. The van der Waals surface area contributed by atoms with Gasteiger partial charge in [-0.25, -0.2) is 9.97 Å². The van der Waals surface area contributed by atoms with Gasteiger partial charge in [0.2, 0.25) is 0 Å². The lowest BCUT2D eigenvalue weighted by Gasteiger charge is -2.02. The van der Waals surface area contributed by atoms with Crippen LogP contribution in [0.4, 0.5) is 0 Å². The maximum absolute atomic E-state index is 11.3. The van der Waals surface area contributed by atoms with Crippen LogP contribution in [-0.2, 0) is 7.05 Å². The van der Waals surface area contributed by atoms with Crippen LogP contribution < -0.4 is 0 Å². The van der Waals surface area contributed by atoms with Crippen molar-refractivity contribution < 1.29 is 18.5 Å². The first-order valence-corrected chi connectivity index (χ1v) is 21.6. The first kappa shape index (κ1) is 42.9. The molecule has 0 radical (unpaired) electrons. The van der Waals surface area contributed by atoms with E-state index in [0.29, 0.717) is 11.1 Å². The number of amides is 2. The molecule has 0 aliphatic carbocycles. The number of furan rings is 1. The molecule has 0 unspecified atom stereocenters. The molecule has 62 heavy (non-hydrogen) atoms. The number of aromatic nitrogens is 4. The van der Waals surface area contributed by atoms with Crippen molar-refractivity contribution in [3.63, 3.8) is 0 Å². The third-order valence-corrected chi connectivity index (χ3v) is 12.1. The van der Waals surface area contributed by atoms with Crippen LogP contribution in [0.25, 0.3) is 53.3 Å². The number of nitrogens with zero attached hydrogens (tertiary/aromatic N) is 5. The van der Waals surface area contributed by atoms with Crippen LogP contribution in [0.3, 0.4) is 0 Å². The zero-order valence-corrected chi connectivity index (χ0v) is 36.9. The van der Waals surface area contributed by atoms with Gasteiger partial charge in [0.25, 0.3) is 11.8 Å². The number of benzene rings is 6. The summed E-state index contributed by atoms with van der Waals surface area (Å²) in [6.45, 7) is 8.25. The molecule has 0 spiro atoms. The van der Waals surface area contributed by atoms with Crippen molar-refractivity contribution >= 4 is 87.8 Å². The number of aryl methyl sites for hydroxylation is 5. The Morgan fingerprint density at radius 1 is 0.565 bits per heavy atom. The monoisotopic (exact) mass is 855 g/mol. The van der Waals surface area contributed by atoms with Crippen molar-refractivity contribution in [2.45, 2.75) is 27.7 Å². The minimum absolute atomic E-state index is 0.212. The normalized spacial score (nSPS) is 11.4. The van der Waals surface area contributed by atoms with E-state index >= 15 is 0 Å². The lowest BCUT2D eigenvalue weighted by molar-refractivity contribution is 0.0693. The summed E-state index contributed by atoms with van der Waals surface area (Å²) >= 11 is 3.55. The van der Waals surface area contributed by atoms with E-state index in [1.165, 1.54) is 43.9 Å². The van der Waals surface area contributed by atoms with Gasteiger partial charge < -0.3 is 13.5 Å². The number of carbonyl (C=O) groups excluding carboxylic acids is 2. The van der Waals surface area contributed by atoms with Gasteiger partial charge in [0.05, 0.1) is 49.8 Å². The van der Waals surface area contributed by atoms with Crippen molar-refractivity contribution in [1.82, 2.24) is 24.6 Å². The molecule has 0 atom stereocenters. The fourth-order valence-corrected chi connectivity index (χ4v) is 8.37. The van der Waals surface area contributed by atoms with Gasteiger partial charge in [-0.05, 0) is 110 Å². The van der Waals surface area contributed by atoms with Crippen molar-refractivity contribution in [1.29, 1.82) is 0 Å². The Morgan fingerprint density at radius 2 is 1.15 bits per heavy atom. The summed E-state index contributed by atoms with van der Waals surface area (Å²) in [6.07, 6.45) is 3.49. The summed E-state index contributed by atoms with van der Waals surface area (Å²) in [6, 6.07) is 47.4.